The molecule has 0 bridgehead atoms. The van der Waals surface area contributed by atoms with Crippen molar-refractivity contribution in [1.82, 2.24) is 9.80 Å². The summed E-state index contributed by atoms with van der Waals surface area (Å²) in [5, 5.41) is 0. The third-order valence-electron chi connectivity index (χ3n) is 2.51. The van der Waals surface area contributed by atoms with Gasteiger partial charge in [0, 0.05) is 19.6 Å². The standard InChI is InChI=1S/C11H20N2O3/c1-11(2,3)16-10(15)13-6-5-12(4)9(7-13)8-14/h8-9H,5-7H2,1-4H3/t9-/m1/s1. The van der Waals surface area contributed by atoms with Crippen molar-refractivity contribution in [2.45, 2.75) is 32.4 Å². The molecule has 0 unspecified atom stereocenters. The average Bonchev–Trinajstić information content (AvgIpc) is 2.15. The lowest BCUT2D eigenvalue weighted by Gasteiger charge is -2.37. The van der Waals surface area contributed by atoms with Crippen LogP contribution in [0.4, 0.5) is 4.79 Å². The van der Waals surface area contributed by atoms with Crippen LogP contribution in [0.15, 0.2) is 0 Å². The Kier molecular flexibility index (Phi) is 3.91. The van der Waals surface area contributed by atoms with Gasteiger partial charge < -0.3 is 14.4 Å². The molecule has 1 amide bonds. The number of hydrogen-bond acceptors (Lipinski definition) is 4. The molecule has 1 atom stereocenters. The molecule has 0 aromatic rings. The highest BCUT2D eigenvalue weighted by Gasteiger charge is 2.29. The third kappa shape index (κ3) is 3.48. The van der Waals surface area contributed by atoms with Gasteiger partial charge in [-0.25, -0.2) is 4.79 Å². The zero-order valence-electron chi connectivity index (χ0n) is 10.4. The van der Waals surface area contributed by atoms with Crippen molar-refractivity contribution in [1.29, 1.82) is 0 Å². The molecule has 1 aliphatic heterocycles. The first-order chi connectivity index (χ1) is 7.33. The van der Waals surface area contributed by atoms with E-state index < -0.39 is 5.60 Å². The zero-order chi connectivity index (χ0) is 12.3. The van der Waals surface area contributed by atoms with E-state index in [2.05, 4.69) is 0 Å². The van der Waals surface area contributed by atoms with Crippen molar-refractivity contribution < 1.29 is 14.3 Å². The number of aldehydes is 1. The molecule has 5 nitrogen and oxygen atoms in total. The summed E-state index contributed by atoms with van der Waals surface area (Å²) >= 11 is 0. The maximum Gasteiger partial charge on any atom is 0.410 e. The van der Waals surface area contributed by atoms with Gasteiger partial charge in [-0.05, 0) is 27.8 Å². The Morgan fingerprint density at radius 3 is 2.50 bits per heavy atom. The second-order valence-electron chi connectivity index (χ2n) is 5.11. The number of nitrogens with zero attached hydrogens (tertiary/aromatic N) is 2. The molecule has 1 heterocycles. The van der Waals surface area contributed by atoms with E-state index in [4.69, 9.17) is 4.74 Å². The van der Waals surface area contributed by atoms with Crippen molar-refractivity contribution in [2.75, 3.05) is 26.7 Å². The normalized spacial score (nSPS) is 23.0. The van der Waals surface area contributed by atoms with E-state index >= 15 is 0 Å². The van der Waals surface area contributed by atoms with Crippen LogP contribution in [-0.2, 0) is 9.53 Å². The van der Waals surface area contributed by atoms with Gasteiger partial charge in [0.2, 0.25) is 0 Å². The minimum atomic E-state index is -0.489. The van der Waals surface area contributed by atoms with Crippen LogP contribution in [0.25, 0.3) is 0 Å². The van der Waals surface area contributed by atoms with Crippen LogP contribution >= 0.6 is 0 Å². The molecular formula is C11H20N2O3. The topological polar surface area (TPSA) is 49.9 Å². The Morgan fingerprint density at radius 1 is 1.38 bits per heavy atom. The van der Waals surface area contributed by atoms with Crippen molar-refractivity contribution >= 4 is 12.4 Å². The van der Waals surface area contributed by atoms with Crippen LogP contribution in [0.5, 0.6) is 0 Å². The Hall–Kier alpha value is -1.10. The molecular weight excluding hydrogens is 208 g/mol. The lowest BCUT2D eigenvalue weighted by molar-refractivity contribution is -0.113. The summed E-state index contributed by atoms with van der Waals surface area (Å²) in [4.78, 5) is 26.1. The summed E-state index contributed by atoms with van der Waals surface area (Å²) in [6.45, 7) is 7.21. The highest BCUT2D eigenvalue weighted by Crippen LogP contribution is 2.13. The van der Waals surface area contributed by atoms with E-state index in [0.29, 0.717) is 19.6 Å². The van der Waals surface area contributed by atoms with Crippen LogP contribution in [-0.4, -0.2) is 60.5 Å². The Labute approximate surface area is 96.3 Å². The smallest absolute Gasteiger partial charge is 0.410 e. The van der Waals surface area contributed by atoms with Crippen molar-refractivity contribution in [2.24, 2.45) is 0 Å². The van der Waals surface area contributed by atoms with E-state index in [9.17, 15) is 9.59 Å². The number of piperazine rings is 1. The first kappa shape index (κ1) is 13.0. The van der Waals surface area contributed by atoms with Gasteiger partial charge in [0.05, 0.1) is 6.04 Å². The highest BCUT2D eigenvalue weighted by molar-refractivity contribution is 5.70. The number of carbonyl (C=O) groups excluding carboxylic acids is 2. The largest absolute Gasteiger partial charge is 0.444 e. The molecule has 92 valence electrons. The highest BCUT2D eigenvalue weighted by atomic mass is 16.6. The quantitative estimate of drug-likeness (QED) is 0.621. The van der Waals surface area contributed by atoms with Crippen LogP contribution in [0, 0.1) is 0 Å². The van der Waals surface area contributed by atoms with Gasteiger partial charge >= 0.3 is 6.09 Å². The summed E-state index contributed by atoms with van der Waals surface area (Å²) in [7, 11) is 1.88. The molecule has 0 aliphatic carbocycles. The molecule has 0 aromatic carbocycles. The average molecular weight is 228 g/mol. The monoisotopic (exact) mass is 228 g/mol. The molecule has 0 spiro atoms. The minimum absolute atomic E-state index is 0.221. The number of likely N-dealkylation sites (N-methyl/N-ethyl adjacent to an activating group) is 1. The van der Waals surface area contributed by atoms with Gasteiger partial charge in [-0.15, -0.1) is 0 Å². The predicted molar refractivity (Wildman–Crippen MR) is 60.3 cm³/mol. The second kappa shape index (κ2) is 4.82. The summed E-state index contributed by atoms with van der Waals surface area (Å²) in [5.41, 5.74) is -0.489. The van der Waals surface area contributed by atoms with Crippen molar-refractivity contribution in [3.05, 3.63) is 0 Å². The maximum absolute atomic E-state index is 11.8. The van der Waals surface area contributed by atoms with E-state index in [1.165, 1.54) is 0 Å². The van der Waals surface area contributed by atoms with E-state index in [0.717, 1.165) is 6.29 Å². The number of hydrogen-bond donors (Lipinski definition) is 0. The van der Waals surface area contributed by atoms with Gasteiger partial charge in [0.25, 0.3) is 0 Å². The molecule has 1 aliphatic rings. The molecule has 0 saturated carbocycles. The Balaban J connectivity index is 2.55. The number of carbonyl (C=O) groups is 2. The fraction of sp³-hybridized carbons (Fsp3) is 0.818. The van der Waals surface area contributed by atoms with Crippen molar-refractivity contribution in [3.63, 3.8) is 0 Å². The Morgan fingerprint density at radius 2 is 2.00 bits per heavy atom. The number of rotatable bonds is 1. The molecule has 0 radical (unpaired) electrons. The van der Waals surface area contributed by atoms with Gasteiger partial charge in [-0.1, -0.05) is 0 Å². The first-order valence-corrected chi connectivity index (χ1v) is 5.47. The summed E-state index contributed by atoms with van der Waals surface area (Å²) in [5.74, 6) is 0. The number of ether oxygens (including phenoxy) is 1. The van der Waals surface area contributed by atoms with E-state index in [-0.39, 0.29) is 12.1 Å². The second-order valence-corrected chi connectivity index (χ2v) is 5.11. The van der Waals surface area contributed by atoms with E-state index in [1.807, 2.05) is 32.7 Å². The van der Waals surface area contributed by atoms with Crippen LogP contribution in [0.2, 0.25) is 0 Å². The van der Waals surface area contributed by atoms with Gasteiger partial charge in [0.1, 0.15) is 11.9 Å². The van der Waals surface area contributed by atoms with Crippen LogP contribution in [0.3, 0.4) is 0 Å². The summed E-state index contributed by atoms with van der Waals surface area (Å²) in [6.07, 6.45) is 0.531. The minimum Gasteiger partial charge on any atom is -0.444 e. The van der Waals surface area contributed by atoms with Gasteiger partial charge in [-0.3, -0.25) is 4.90 Å². The van der Waals surface area contributed by atoms with Gasteiger partial charge in [0.15, 0.2) is 0 Å². The number of amides is 1. The SMILES string of the molecule is CN1CCN(C(=O)OC(C)(C)C)C[C@@H]1C=O. The van der Waals surface area contributed by atoms with Crippen LogP contribution in [0.1, 0.15) is 20.8 Å². The predicted octanol–water partition coefficient (Wildman–Crippen LogP) is 0.736. The summed E-state index contributed by atoms with van der Waals surface area (Å²) < 4.78 is 5.26. The zero-order valence-corrected chi connectivity index (χ0v) is 10.4. The molecule has 1 rings (SSSR count). The van der Waals surface area contributed by atoms with Gasteiger partial charge in [-0.2, -0.15) is 0 Å². The summed E-state index contributed by atoms with van der Waals surface area (Å²) in [6, 6.07) is -0.221. The van der Waals surface area contributed by atoms with Crippen molar-refractivity contribution in [3.8, 4) is 0 Å². The molecule has 1 saturated heterocycles. The molecule has 0 aromatic heterocycles. The van der Waals surface area contributed by atoms with Crippen LogP contribution < -0.4 is 0 Å². The third-order valence-corrected chi connectivity index (χ3v) is 2.51. The lowest BCUT2D eigenvalue weighted by Crippen LogP contribution is -2.54. The molecule has 16 heavy (non-hydrogen) atoms. The lowest BCUT2D eigenvalue weighted by atomic mass is 10.2. The molecule has 0 N–H and O–H groups in total. The molecule has 1 fully saturated rings. The van der Waals surface area contributed by atoms with E-state index in [1.54, 1.807) is 4.90 Å². The maximum atomic E-state index is 11.8. The molecule has 5 heteroatoms. The fourth-order valence-corrected chi connectivity index (χ4v) is 1.54. The Bertz CT molecular complexity index is 273. The fourth-order valence-electron chi connectivity index (χ4n) is 1.54. The first-order valence-electron chi connectivity index (χ1n) is 5.47.